The predicted octanol–water partition coefficient (Wildman–Crippen LogP) is 4.49. The average Bonchev–Trinajstić information content (AvgIpc) is 2.94. The Morgan fingerprint density at radius 1 is 1.21 bits per heavy atom. The van der Waals surface area contributed by atoms with Gasteiger partial charge in [-0.2, -0.15) is 5.10 Å². The van der Waals surface area contributed by atoms with Gasteiger partial charge in [-0.3, -0.25) is 4.79 Å². The number of halogens is 1. The van der Waals surface area contributed by atoms with Crippen LogP contribution in [0.4, 0.5) is 10.2 Å². The van der Waals surface area contributed by atoms with Crippen LogP contribution in [0.5, 0.6) is 5.75 Å². The van der Waals surface area contributed by atoms with Crippen LogP contribution in [0.25, 0.3) is 5.69 Å². The topological polar surface area (TPSA) is 56.1 Å². The molecular formula is C21H20FN3O2S. The first-order chi connectivity index (χ1) is 13.5. The molecule has 2 aromatic carbocycles. The second-order valence-electron chi connectivity index (χ2n) is 6.66. The van der Waals surface area contributed by atoms with Gasteiger partial charge in [-0.05, 0) is 55.8 Å². The summed E-state index contributed by atoms with van der Waals surface area (Å²) in [5, 5.41) is 7.20. The van der Waals surface area contributed by atoms with E-state index >= 15 is 0 Å². The molecular weight excluding hydrogens is 377 g/mol. The van der Waals surface area contributed by atoms with Gasteiger partial charge in [-0.15, -0.1) is 11.8 Å². The number of carbonyl (C=O) groups is 1. The van der Waals surface area contributed by atoms with Crippen LogP contribution >= 0.6 is 11.8 Å². The van der Waals surface area contributed by atoms with Crippen LogP contribution in [0, 0.1) is 12.7 Å². The molecule has 1 aliphatic heterocycles. The molecule has 0 aliphatic carbocycles. The number of ether oxygens (including phenoxy) is 1. The smallest absolute Gasteiger partial charge is 0.238 e. The molecule has 0 bridgehead atoms. The Kier molecular flexibility index (Phi) is 4.85. The summed E-state index contributed by atoms with van der Waals surface area (Å²) < 4.78 is 20.8. The zero-order valence-corrected chi connectivity index (χ0v) is 16.6. The van der Waals surface area contributed by atoms with E-state index in [1.54, 1.807) is 17.9 Å². The molecule has 0 saturated heterocycles. The number of aryl methyl sites for hydroxylation is 1. The number of thioether (sulfide) groups is 1. The van der Waals surface area contributed by atoms with Gasteiger partial charge >= 0.3 is 0 Å². The van der Waals surface area contributed by atoms with Gasteiger partial charge in [-0.1, -0.05) is 12.1 Å². The first-order valence-corrected chi connectivity index (χ1v) is 9.88. The number of nitrogens with zero attached hydrogens (tertiary/aromatic N) is 2. The third-order valence-corrected chi connectivity index (χ3v) is 6.19. The lowest BCUT2D eigenvalue weighted by Gasteiger charge is -2.17. The second kappa shape index (κ2) is 7.31. The third-order valence-electron chi connectivity index (χ3n) is 4.79. The minimum absolute atomic E-state index is 0.0974. The van der Waals surface area contributed by atoms with Crippen LogP contribution in [0.3, 0.4) is 0 Å². The minimum atomic E-state index is -0.295. The van der Waals surface area contributed by atoms with Crippen molar-refractivity contribution in [3.8, 4) is 11.4 Å². The molecule has 0 radical (unpaired) electrons. The molecule has 1 aliphatic rings. The molecule has 0 spiro atoms. The highest BCUT2D eigenvalue weighted by molar-refractivity contribution is 8.01. The summed E-state index contributed by atoms with van der Waals surface area (Å²) in [4.78, 5) is 12.6. The Balaban J connectivity index is 1.88. The molecule has 1 aromatic heterocycles. The van der Waals surface area contributed by atoms with Gasteiger partial charge in [0.15, 0.2) is 0 Å². The molecule has 144 valence electrons. The van der Waals surface area contributed by atoms with Gasteiger partial charge in [-0.25, -0.2) is 9.07 Å². The molecule has 3 aromatic rings. The average molecular weight is 397 g/mol. The van der Waals surface area contributed by atoms with Crippen molar-refractivity contribution in [2.75, 3.05) is 12.4 Å². The van der Waals surface area contributed by atoms with E-state index in [1.807, 2.05) is 44.2 Å². The van der Waals surface area contributed by atoms with Gasteiger partial charge in [0.1, 0.15) is 17.4 Å². The molecule has 2 atom stereocenters. The van der Waals surface area contributed by atoms with Crippen molar-refractivity contribution < 1.29 is 13.9 Å². The van der Waals surface area contributed by atoms with Crippen molar-refractivity contribution in [1.29, 1.82) is 0 Å². The Bertz CT molecular complexity index is 1030. The van der Waals surface area contributed by atoms with E-state index in [2.05, 4.69) is 10.4 Å². The maximum atomic E-state index is 13.9. The number of carbonyl (C=O) groups excluding carboxylic acids is 1. The highest BCUT2D eigenvalue weighted by Crippen LogP contribution is 2.46. The van der Waals surface area contributed by atoms with Crippen molar-refractivity contribution in [1.82, 2.24) is 9.78 Å². The quantitative estimate of drug-likeness (QED) is 0.707. The molecule has 28 heavy (non-hydrogen) atoms. The molecule has 7 heteroatoms. The van der Waals surface area contributed by atoms with E-state index in [4.69, 9.17) is 4.74 Å². The van der Waals surface area contributed by atoms with E-state index in [-0.39, 0.29) is 22.2 Å². The fourth-order valence-electron chi connectivity index (χ4n) is 3.35. The Labute approximate surface area is 166 Å². The number of nitrogens with one attached hydrogen (secondary N) is 1. The van der Waals surface area contributed by atoms with Gasteiger partial charge in [0, 0.05) is 5.56 Å². The van der Waals surface area contributed by atoms with E-state index in [0.717, 1.165) is 28.3 Å². The minimum Gasteiger partial charge on any atom is -0.497 e. The molecule has 1 amide bonds. The van der Waals surface area contributed by atoms with E-state index in [1.165, 1.54) is 23.9 Å². The Morgan fingerprint density at radius 2 is 1.96 bits per heavy atom. The van der Waals surface area contributed by atoms with Gasteiger partial charge in [0.2, 0.25) is 5.91 Å². The Morgan fingerprint density at radius 3 is 2.64 bits per heavy atom. The monoisotopic (exact) mass is 397 g/mol. The normalized spacial score (nSPS) is 18.9. The van der Waals surface area contributed by atoms with E-state index < -0.39 is 0 Å². The van der Waals surface area contributed by atoms with Crippen molar-refractivity contribution in [2.24, 2.45) is 0 Å². The van der Waals surface area contributed by atoms with Crippen LogP contribution in [0.15, 0.2) is 48.5 Å². The lowest BCUT2D eigenvalue weighted by Crippen LogP contribution is -2.22. The number of aromatic nitrogens is 2. The maximum Gasteiger partial charge on any atom is 0.238 e. The zero-order chi connectivity index (χ0) is 19.8. The van der Waals surface area contributed by atoms with Gasteiger partial charge in [0.25, 0.3) is 0 Å². The van der Waals surface area contributed by atoms with Crippen molar-refractivity contribution in [3.05, 3.63) is 71.2 Å². The van der Waals surface area contributed by atoms with E-state index in [0.29, 0.717) is 5.82 Å². The van der Waals surface area contributed by atoms with Crippen molar-refractivity contribution >= 4 is 23.5 Å². The zero-order valence-electron chi connectivity index (χ0n) is 15.8. The molecule has 0 unspecified atom stereocenters. The number of amides is 1. The van der Waals surface area contributed by atoms with Crippen LogP contribution in [-0.2, 0) is 4.79 Å². The number of hydrogen-bond donors (Lipinski definition) is 1. The summed E-state index contributed by atoms with van der Waals surface area (Å²) >= 11 is 1.50. The summed E-state index contributed by atoms with van der Waals surface area (Å²) in [6, 6.07) is 14.0. The summed E-state index contributed by atoms with van der Waals surface area (Å²) in [7, 11) is 1.61. The molecule has 5 nitrogen and oxygen atoms in total. The number of hydrogen-bond acceptors (Lipinski definition) is 4. The highest BCUT2D eigenvalue weighted by Gasteiger charge is 2.34. The fraction of sp³-hybridized carbons (Fsp3) is 0.238. The summed E-state index contributed by atoms with van der Waals surface area (Å²) in [6.45, 7) is 3.77. The number of anilines is 1. The number of methoxy groups -OCH3 is 1. The first kappa shape index (κ1) is 18.6. The van der Waals surface area contributed by atoms with Crippen molar-refractivity contribution in [3.63, 3.8) is 0 Å². The number of fused-ring (bicyclic) bond motifs is 1. The molecule has 2 heterocycles. The standard InChI is InChI=1S/C21H20FN3O2S/c1-12-18-19(14-5-4-6-15(22)11-14)28-13(2)21(26)23-20(18)25(24-12)16-7-9-17(27-3)10-8-16/h4-11,13,19H,1-3H3,(H,23,26)/t13-,19-/m1/s1. The fourth-order valence-corrected chi connectivity index (χ4v) is 4.66. The maximum absolute atomic E-state index is 13.9. The van der Waals surface area contributed by atoms with E-state index in [9.17, 15) is 9.18 Å². The molecule has 1 N–H and O–H groups in total. The third kappa shape index (κ3) is 3.26. The summed E-state index contributed by atoms with van der Waals surface area (Å²) in [5.74, 6) is 0.971. The highest BCUT2D eigenvalue weighted by atomic mass is 32.2. The summed E-state index contributed by atoms with van der Waals surface area (Å²) in [5.41, 5.74) is 3.31. The second-order valence-corrected chi connectivity index (χ2v) is 8.11. The van der Waals surface area contributed by atoms with Crippen LogP contribution < -0.4 is 10.1 Å². The SMILES string of the molecule is COc1ccc(-n2nc(C)c3c2NC(=O)[C@@H](C)S[C@@H]3c2cccc(F)c2)cc1. The first-order valence-electron chi connectivity index (χ1n) is 8.93. The van der Waals surface area contributed by atoms with Crippen LogP contribution in [0.1, 0.15) is 29.0 Å². The Hall–Kier alpha value is -2.80. The molecule has 0 fully saturated rings. The lowest BCUT2D eigenvalue weighted by molar-refractivity contribution is -0.115. The molecule has 0 saturated carbocycles. The molecule has 4 rings (SSSR count). The predicted molar refractivity (Wildman–Crippen MR) is 109 cm³/mol. The van der Waals surface area contributed by atoms with Crippen LogP contribution in [-0.4, -0.2) is 28.0 Å². The number of benzene rings is 2. The van der Waals surface area contributed by atoms with Gasteiger partial charge < -0.3 is 10.1 Å². The lowest BCUT2D eigenvalue weighted by atomic mass is 10.0. The largest absolute Gasteiger partial charge is 0.497 e. The summed E-state index contributed by atoms with van der Waals surface area (Å²) in [6.07, 6.45) is 0. The van der Waals surface area contributed by atoms with Crippen molar-refractivity contribution in [2.45, 2.75) is 24.3 Å². The van der Waals surface area contributed by atoms with Gasteiger partial charge in [0.05, 0.1) is 29.0 Å². The van der Waals surface area contributed by atoms with Crippen LogP contribution in [0.2, 0.25) is 0 Å². The number of rotatable bonds is 3.